The molecule has 0 aliphatic rings. The number of aryl methyl sites for hydroxylation is 1. The number of furan rings is 1. The number of carbonyl (C=O) groups is 1. The molecular formula is C15H11NO2. The lowest BCUT2D eigenvalue weighted by atomic mass is 10.0. The minimum atomic E-state index is -0.0591. The van der Waals surface area contributed by atoms with E-state index in [1.807, 2.05) is 31.2 Å². The van der Waals surface area contributed by atoms with E-state index in [4.69, 9.17) is 4.42 Å². The molecule has 3 rings (SSSR count). The van der Waals surface area contributed by atoms with Crippen LogP contribution in [0.2, 0.25) is 0 Å². The molecule has 3 nitrogen and oxygen atoms in total. The number of benzene rings is 1. The maximum Gasteiger partial charge on any atom is 0.198 e. The van der Waals surface area contributed by atoms with E-state index < -0.39 is 0 Å². The maximum absolute atomic E-state index is 12.4. The Labute approximate surface area is 104 Å². The lowest BCUT2D eigenvalue weighted by Crippen LogP contribution is -2.01. The Morgan fingerprint density at radius 2 is 2.06 bits per heavy atom. The predicted molar refractivity (Wildman–Crippen MR) is 68.6 cm³/mol. The average Bonchev–Trinajstić information content (AvgIpc) is 2.84. The molecule has 88 valence electrons. The van der Waals surface area contributed by atoms with Crippen molar-refractivity contribution in [2.75, 3.05) is 0 Å². The normalized spacial score (nSPS) is 10.7. The zero-order chi connectivity index (χ0) is 12.5. The molecule has 0 saturated heterocycles. The largest absolute Gasteiger partial charge is 0.469 e. The van der Waals surface area contributed by atoms with Gasteiger partial charge in [-0.25, -0.2) is 0 Å². The summed E-state index contributed by atoms with van der Waals surface area (Å²) in [6.07, 6.45) is 3.18. The molecule has 0 N–H and O–H groups in total. The van der Waals surface area contributed by atoms with Gasteiger partial charge >= 0.3 is 0 Å². The van der Waals surface area contributed by atoms with Crippen LogP contribution >= 0.6 is 0 Å². The first-order valence-electron chi connectivity index (χ1n) is 5.69. The molecule has 0 unspecified atom stereocenters. The summed E-state index contributed by atoms with van der Waals surface area (Å²) in [7, 11) is 0. The second-order valence-electron chi connectivity index (χ2n) is 4.16. The topological polar surface area (TPSA) is 43.1 Å². The number of fused-ring (bicyclic) bond motifs is 1. The van der Waals surface area contributed by atoms with E-state index in [1.165, 1.54) is 6.26 Å². The average molecular weight is 237 g/mol. The van der Waals surface area contributed by atoms with Gasteiger partial charge in [0.15, 0.2) is 5.78 Å². The zero-order valence-electron chi connectivity index (χ0n) is 9.88. The summed E-state index contributed by atoms with van der Waals surface area (Å²) in [5.41, 5.74) is 1.89. The van der Waals surface area contributed by atoms with Crippen LogP contribution in [-0.2, 0) is 0 Å². The summed E-state index contributed by atoms with van der Waals surface area (Å²) in [4.78, 5) is 16.7. The van der Waals surface area contributed by atoms with Gasteiger partial charge in [-0.1, -0.05) is 18.2 Å². The molecule has 0 bridgehead atoms. The second-order valence-corrected chi connectivity index (χ2v) is 4.16. The van der Waals surface area contributed by atoms with Crippen LogP contribution in [0.3, 0.4) is 0 Å². The van der Waals surface area contributed by atoms with Gasteiger partial charge in [0, 0.05) is 17.1 Å². The van der Waals surface area contributed by atoms with Gasteiger partial charge in [0.05, 0.1) is 11.1 Å². The van der Waals surface area contributed by atoms with Gasteiger partial charge in [-0.3, -0.25) is 9.78 Å². The Bertz CT molecular complexity index is 723. The van der Waals surface area contributed by atoms with Crippen LogP contribution in [0.15, 0.2) is 53.3 Å². The number of aromatic nitrogens is 1. The van der Waals surface area contributed by atoms with Gasteiger partial charge in [0.2, 0.25) is 0 Å². The summed E-state index contributed by atoms with van der Waals surface area (Å²) in [5, 5.41) is 0.962. The van der Waals surface area contributed by atoms with Crippen LogP contribution in [-0.4, -0.2) is 10.8 Å². The summed E-state index contributed by atoms with van der Waals surface area (Å²) < 4.78 is 5.18. The molecule has 0 fully saturated rings. The molecule has 0 saturated carbocycles. The molecule has 0 spiro atoms. The number of nitrogens with zero attached hydrogens (tertiary/aromatic N) is 1. The first kappa shape index (κ1) is 10.7. The molecule has 1 aromatic carbocycles. The van der Waals surface area contributed by atoms with Gasteiger partial charge in [0.25, 0.3) is 0 Å². The number of para-hydroxylation sites is 1. The summed E-state index contributed by atoms with van der Waals surface area (Å²) in [6.45, 7) is 1.82. The quantitative estimate of drug-likeness (QED) is 0.642. The third-order valence-electron chi connectivity index (χ3n) is 2.87. The Kier molecular flexibility index (Phi) is 2.45. The van der Waals surface area contributed by atoms with Gasteiger partial charge in [-0.05, 0) is 25.1 Å². The zero-order valence-corrected chi connectivity index (χ0v) is 9.88. The van der Waals surface area contributed by atoms with E-state index in [0.717, 1.165) is 16.7 Å². The minimum absolute atomic E-state index is 0.0591. The van der Waals surface area contributed by atoms with Crippen molar-refractivity contribution < 1.29 is 9.21 Å². The lowest BCUT2D eigenvalue weighted by molar-refractivity contribution is 0.103. The number of ketones is 1. The van der Waals surface area contributed by atoms with Crippen LogP contribution in [0.4, 0.5) is 0 Å². The van der Waals surface area contributed by atoms with Gasteiger partial charge in [-0.15, -0.1) is 0 Å². The van der Waals surface area contributed by atoms with Crippen molar-refractivity contribution in [2.24, 2.45) is 0 Å². The van der Waals surface area contributed by atoms with Crippen LogP contribution in [0.5, 0.6) is 0 Å². The molecule has 3 heteroatoms. The monoisotopic (exact) mass is 237 g/mol. The van der Waals surface area contributed by atoms with Crippen LogP contribution in [0.1, 0.15) is 21.7 Å². The third-order valence-corrected chi connectivity index (χ3v) is 2.87. The number of hydrogen-bond donors (Lipinski definition) is 0. The highest BCUT2D eigenvalue weighted by atomic mass is 16.3. The molecule has 0 amide bonds. The smallest absolute Gasteiger partial charge is 0.198 e. The van der Waals surface area contributed by atoms with E-state index in [2.05, 4.69) is 4.98 Å². The molecule has 2 aromatic heterocycles. The summed E-state index contributed by atoms with van der Waals surface area (Å²) >= 11 is 0. The van der Waals surface area contributed by atoms with Crippen LogP contribution < -0.4 is 0 Å². The Hall–Kier alpha value is -2.42. The van der Waals surface area contributed by atoms with Gasteiger partial charge < -0.3 is 4.42 Å². The Balaban J connectivity index is 2.17. The molecule has 0 radical (unpaired) electrons. The highest BCUT2D eigenvalue weighted by Crippen LogP contribution is 2.20. The maximum atomic E-state index is 12.4. The number of hydrogen-bond acceptors (Lipinski definition) is 3. The van der Waals surface area contributed by atoms with Crippen LogP contribution in [0, 0.1) is 6.92 Å². The van der Waals surface area contributed by atoms with E-state index in [-0.39, 0.29) is 5.78 Å². The third kappa shape index (κ3) is 1.70. The molecule has 3 aromatic rings. The van der Waals surface area contributed by atoms with Crippen molar-refractivity contribution >= 4 is 16.7 Å². The van der Waals surface area contributed by atoms with Crippen molar-refractivity contribution in [3.05, 3.63) is 65.7 Å². The van der Waals surface area contributed by atoms with Gasteiger partial charge in [0.1, 0.15) is 12.0 Å². The van der Waals surface area contributed by atoms with Crippen molar-refractivity contribution in [2.45, 2.75) is 6.92 Å². The molecule has 0 aliphatic heterocycles. The first-order valence-corrected chi connectivity index (χ1v) is 5.69. The second kappa shape index (κ2) is 4.11. The van der Waals surface area contributed by atoms with Crippen molar-refractivity contribution in [1.29, 1.82) is 0 Å². The molecule has 0 atom stereocenters. The standard InChI is InChI=1S/C15H11NO2/c1-10-8-12(9-18-10)15(17)13-6-2-4-11-5-3-7-16-14(11)13/h2-9H,1H3. The fourth-order valence-corrected chi connectivity index (χ4v) is 2.01. The Morgan fingerprint density at radius 3 is 2.83 bits per heavy atom. The first-order chi connectivity index (χ1) is 8.75. The van der Waals surface area contributed by atoms with Crippen molar-refractivity contribution in [1.82, 2.24) is 4.98 Å². The van der Waals surface area contributed by atoms with E-state index in [9.17, 15) is 4.79 Å². The highest BCUT2D eigenvalue weighted by Gasteiger charge is 2.14. The molecular weight excluding hydrogens is 226 g/mol. The number of rotatable bonds is 2. The van der Waals surface area contributed by atoms with E-state index in [1.54, 1.807) is 18.3 Å². The predicted octanol–water partition coefficient (Wildman–Crippen LogP) is 3.37. The molecule has 2 heterocycles. The number of carbonyl (C=O) groups excluding carboxylic acids is 1. The SMILES string of the molecule is Cc1cc(C(=O)c2cccc3cccnc23)co1. The summed E-state index contributed by atoms with van der Waals surface area (Å²) in [5.74, 6) is 0.669. The Morgan fingerprint density at radius 1 is 1.22 bits per heavy atom. The van der Waals surface area contributed by atoms with Crippen LogP contribution in [0.25, 0.3) is 10.9 Å². The van der Waals surface area contributed by atoms with Crippen molar-refractivity contribution in [3.63, 3.8) is 0 Å². The molecule has 18 heavy (non-hydrogen) atoms. The van der Waals surface area contributed by atoms with Gasteiger partial charge in [-0.2, -0.15) is 0 Å². The van der Waals surface area contributed by atoms with E-state index >= 15 is 0 Å². The fraction of sp³-hybridized carbons (Fsp3) is 0.0667. The van der Waals surface area contributed by atoms with Crippen molar-refractivity contribution in [3.8, 4) is 0 Å². The molecule has 0 aliphatic carbocycles. The number of pyridine rings is 1. The minimum Gasteiger partial charge on any atom is -0.469 e. The lowest BCUT2D eigenvalue weighted by Gasteiger charge is -2.02. The van der Waals surface area contributed by atoms with E-state index in [0.29, 0.717) is 11.1 Å². The summed E-state index contributed by atoms with van der Waals surface area (Å²) in [6, 6.07) is 11.1. The fourth-order valence-electron chi connectivity index (χ4n) is 2.01. The highest BCUT2D eigenvalue weighted by molar-refractivity contribution is 6.15.